The predicted octanol–water partition coefficient (Wildman–Crippen LogP) is 4.04. The van der Waals surface area contributed by atoms with Crippen LogP contribution in [0.3, 0.4) is 0 Å². The second-order valence-electron chi connectivity index (χ2n) is 7.36. The largest absolute Gasteiger partial charge is 0.375 e. The van der Waals surface area contributed by atoms with Crippen LogP contribution in [0.2, 0.25) is 0 Å². The first-order valence-electron chi connectivity index (χ1n) is 8.48. The summed E-state index contributed by atoms with van der Waals surface area (Å²) in [5.41, 5.74) is 3.38. The number of benzene rings is 1. The lowest BCUT2D eigenvalue weighted by molar-refractivity contribution is -0.130. The van der Waals surface area contributed by atoms with Crippen molar-refractivity contribution in [1.82, 2.24) is 5.32 Å². The van der Waals surface area contributed by atoms with Gasteiger partial charge in [-0.1, -0.05) is 36.8 Å². The van der Waals surface area contributed by atoms with Crippen LogP contribution in [-0.2, 0) is 4.74 Å². The Morgan fingerprint density at radius 1 is 1.33 bits per heavy atom. The average Bonchev–Trinajstić information content (AvgIpc) is 2.48. The van der Waals surface area contributed by atoms with Crippen molar-refractivity contribution in [3.05, 3.63) is 35.4 Å². The van der Waals surface area contributed by atoms with E-state index in [1.54, 1.807) is 0 Å². The molecular formula is C19H29NO. The molecule has 2 nitrogen and oxygen atoms in total. The van der Waals surface area contributed by atoms with Gasteiger partial charge in [0, 0.05) is 19.1 Å². The van der Waals surface area contributed by atoms with E-state index in [0.717, 1.165) is 26.1 Å². The highest BCUT2D eigenvalue weighted by Gasteiger charge is 2.48. The van der Waals surface area contributed by atoms with Crippen LogP contribution in [0.5, 0.6) is 0 Å². The van der Waals surface area contributed by atoms with Crippen molar-refractivity contribution in [3.63, 3.8) is 0 Å². The molecule has 3 unspecified atom stereocenters. The Morgan fingerprint density at radius 3 is 2.95 bits per heavy atom. The third-order valence-corrected chi connectivity index (χ3v) is 5.86. The van der Waals surface area contributed by atoms with Crippen LogP contribution in [0.4, 0.5) is 0 Å². The smallest absolute Gasteiger partial charge is 0.0657 e. The first-order chi connectivity index (χ1) is 10.1. The quantitative estimate of drug-likeness (QED) is 0.886. The van der Waals surface area contributed by atoms with Crippen molar-refractivity contribution < 1.29 is 4.74 Å². The lowest BCUT2D eigenvalue weighted by Crippen LogP contribution is -2.51. The minimum atomic E-state index is 0.0671. The predicted molar refractivity (Wildman–Crippen MR) is 87.7 cm³/mol. The van der Waals surface area contributed by atoms with E-state index in [4.69, 9.17) is 4.74 Å². The molecule has 0 aromatic heterocycles. The van der Waals surface area contributed by atoms with E-state index in [0.29, 0.717) is 11.3 Å². The van der Waals surface area contributed by atoms with Gasteiger partial charge in [0.1, 0.15) is 0 Å². The highest BCUT2D eigenvalue weighted by Crippen LogP contribution is 2.52. The monoisotopic (exact) mass is 287 g/mol. The molecule has 3 atom stereocenters. The summed E-state index contributed by atoms with van der Waals surface area (Å²) in [6, 6.07) is 9.13. The maximum Gasteiger partial charge on any atom is 0.0657 e. The first-order valence-corrected chi connectivity index (χ1v) is 8.48. The van der Waals surface area contributed by atoms with Crippen molar-refractivity contribution in [1.29, 1.82) is 0 Å². The van der Waals surface area contributed by atoms with Gasteiger partial charge in [-0.15, -0.1) is 0 Å². The lowest BCUT2D eigenvalue weighted by Gasteiger charge is -2.52. The molecule has 1 N–H and O–H groups in total. The van der Waals surface area contributed by atoms with Gasteiger partial charge in [0.15, 0.2) is 0 Å². The molecule has 1 aromatic carbocycles. The number of hydrogen-bond acceptors (Lipinski definition) is 2. The van der Waals surface area contributed by atoms with E-state index in [2.05, 4.69) is 50.4 Å². The van der Waals surface area contributed by atoms with Crippen LogP contribution in [0.1, 0.15) is 56.6 Å². The molecule has 2 heteroatoms. The summed E-state index contributed by atoms with van der Waals surface area (Å²) in [5, 5.41) is 3.63. The normalized spacial score (nSPS) is 36.8. The number of hydrogen-bond donors (Lipinski definition) is 1. The Kier molecular flexibility index (Phi) is 4.11. The molecule has 2 saturated heterocycles. The van der Waals surface area contributed by atoms with Crippen molar-refractivity contribution in [2.75, 3.05) is 19.7 Å². The fraction of sp³-hybridized carbons (Fsp3) is 0.684. The average molecular weight is 287 g/mol. The number of rotatable bonds is 2. The van der Waals surface area contributed by atoms with E-state index in [1.165, 1.54) is 30.4 Å². The number of piperidine rings is 1. The van der Waals surface area contributed by atoms with E-state index < -0.39 is 0 Å². The second-order valence-corrected chi connectivity index (χ2v) is 7.36. The molecule has 21 heavy (non-hydrogen) atoms. The SMILES string of the molecule is CCC1(C)CC2(CCNCC2c2cccc(C)c2)CCO1. The van der Waals surface area contributed by atoms with Gasteiger partial charge in [-0.3, -0.25) is 0 Å². The van der Waals surface area contributed by atoms with Gasteiger partial charge in [0.2, 0.25) is 0 Å². The zero-order valence-electron chi connectivity index (χ0n) is 13.7. The van der Waals surface area contributed by atoms with Crippen molar-refractivity contribution in [2.45, 2.75) is 58.0 Å². The van der Waals surface area contributed by atoms with Crippen LogP contribution in [0.15, 0.2) is 24.3 Å². The van der Waals surface area contributed by atoms with Gasteiger partial charge in [-0.25, -0.2) is 0 Å². The summed E-state index contributed by atoms with van der Waals surface area (Å²) in [6.45, 7) is 9.97. The fourth-order valence-electron chi connectivity index (χ4n) is 4.46. The van der Waals surface area contributed by atoms with Crippen LogP contribution in [0.25, 0.3) is 0 Å². The Balaban J connectivity index is 1.94. The Morgan fingerprint density at radius 2 is 2.19 bits per heavy atom. The summed E-state index contributed by atoms with van der Waals surface area (Å²) < 4.78 is 6.13. The summed E-state index contributed by atoms with van der Waals surface area (Å²) in [4.78, 5) is 0. The molecule has 1 aromatic rings. The van der Waals surface area contributed by atoms with Gasteiger partial charge in [0.25, 0.3) is 0 Å². The summed E-state index contributed by atoms with van der Waals surface area (Å²) in [6.07, 6.45) is 4.81. The Hall–Kier alpha value is -0.860. The third-order valence-electron chi connectivity index (χ3n) is 5.86. The van der Waals surface area contributed by atoms with Crippen LogP contribution < -0.4 is 5.32 Å². The minimum Gasteiger partial charge on any atom is -0.375 e. The summed E-state index contributed by atoms with van der Waals surface area (Å²) in [7, 11) is 0. The van der Waals surface area contributed by atoms with Crippen LogP contribution in [-0.4, -0.2) is 25.3 Å². The first kappa shape index (κ1) is 15.1. The van der Waals surface area contributed by atoms with Gasteiger partial charge in [0.05, 0.1) is 5.60 Å². The molecule has 2 aliphatic rings. The zero-order chi connectivity index (χ0) is 14.9. The van der Waals surface area contributed by atoms with Crippen LogP contribution >= 0.6 is 0 Å². The van der Waals surface area contributed by atoms with E-state index in [1.807, 2.05) is 0 Å². The molecule has 0 radical (unpaired) electrons. The summed E-state index contributed by atoms with van der Waals surface area (Å²) in [5.74, 6) is 0.626. The Bertz CT molecular complexity index is 496. The van der Waals surface area contributed by atoms with Gasteiger partial charge in [-0.2, -0.15) is 0 Å². The van der Waals surface area contributed by atoms with Crippen molar-refractivity contribution >= 4 is 0 Å². The molecule has 2 fully saturated rings. The molecular weight excluding hydrogens is 258 g/mol. The van der Waals surface area contributed by atoms with E-state index in [9.17, 15) is 0 Å². The molecule has 0 amide bonds. The molecule has 0 aliphatic carbocycles. The summed E-state index contributed by atoms with van der Waals surface area (Å²) >= 11 is 0. The fourth-order valence-corrected chi connectivity index (χ4v) is 4.46. The highest BCUT2D eigenvalue weighted by atomic mass is 16.5. The molecule has 0 bridgehead atoms. The molecule has 116 valence electrons. The lowest BCUT2D eigenvalue weighted by atomic mass is 9.60. The molecule has 1 spiro atoms. The topological polar surface area (TPSA) is 21.3 Å². The third kappa shape index (κ3) is 2.89. The minimum absolute atomic E-state index is 0.0671. The van der Waals surface area contributed by atoms with Crippen molar-refractivity contribution in [2.24, 2.45) is 5.41 Å². The van der Waals surface area contributed by atoms with E-state index >= 15 is 0 Å². The van der Waals surface area contributed by atoms with Crippen molar-refractivity contribution in [3.8, 4) is 0 Å². The van der Waals surface area contributed by atoms with E-state index in [-0.39, 0.29) is 5.60 Å². The number of nitrogens with one attached hydrogen (secondary N) is 1. The molecule has 2 aliphatic heterocycles. The van der Waals surface area contributed by atoms with Crippen LogP contribution in [0, 0.1) is 12.3 Å². The molecule has 0 saturated carbocycles. The number of aryl methyl sites for hydroxylation is 1. The standard InChI is InChI=1S/C19H29NO/c1-4-18(3)14-19(9-11-21-18)8-10-20-13-17(19)16-7-5-6-15(2)12-16/h5-7,12,17,20H,4,8-11,13-14H2,1-3H3. The van der Waals surface area contributed by atoms with Gasteiger partial charge >= 0.3 is 0 Å². The molecule has 2 heterocycles. The second kappa shape index (κ2) is 5.73. The maximum atomic E-state index is 6.13. The highest BCUT2D eigenvalue weighted by molar-refractivity contribution is 5.29. The number of ether oxygens (including phenoxy) is 1. The van der Waals surface area contributed by atoms with Gasteiger partial charge < -0.3 is 10.1 Å². The maximum absolute atomic E-state index is 6.13. The molecule has 3 rings (SSSR count). The Labute approximate surface area is 129 Å². The van der Waals surface area contributed by atoms with Gasteiger partial charge in [-0.05, 0) is 57.1 Å². The zero-order valence-corrected chi connectivity index (χ0v) is 13.7.